The van der Waals surface area contributed by atoms with Gasteiger partial charge in [0.25, 0.3) is 0 Å². The van der Waals surface area contributed by atoms with E-state index < -0.39 is 0 Å². The van der Waals surface area contributed by atoms with E-state index in [9.17, 15) is 0 Å². The summed E-state index contributed by atoms with van der Waals surface area (Å²) in [4.78, 5) is 0.375. The number of hydrogen-bond acceptors (Lipinski definition) is 3. The minimum absolute atomic E-state index is 0.0857. The molecule has 0 aliphatic heterocycles. The molecule has 1 saturated carbocycles. The van der Waals surface area contributed by atoms with Crippen LogP contribution < -0.4 is 9.47 Å². The van der Waals surface area contributed by atoms with E-state index in [1.54, 1.807) is 7.11 Å². The summed E-state index contributed by atoms with van der Waals surface area (Å²) in [6.45, 7) is 2.87. The second kappa shape index (κ2) is 7.47. The van der Waals surface area contributed by atoms with Gasteiger partial charge in [0.2, 0.25) is 0 Å². The minimum atomic E-state index is 0.0857. The minimum Gasteiger partial charge on any atom is -0.496 e. The third-order valence-corrected chi connectivity index (χ3v) is 5.31. The lowest BCUT2D eigenvalue weighted by Crippen LogP contribution is -2.52. The highest BCUT2D eigenvalue weighted by atomic mass is 79.9. The highest BCUT2D eigenvalue weighted by Gasteiger charge is 2.42. The molecule has 6 heteroatoms. The summed E-state index contributed by atoms with van der Waals surface area (Å²) in [6.07, 6.45) is 2.16. The SMILES string of the molecule is CCCOC1C(Br)CC1Oc1cc(Br)c(OC)cc1Br. The van der Waals surface area contributed by atoms with Crippen molar-refractivity contribution >= 4 is 47.8 Å². The monoisotopic (exact) mass is 470 g/mol. The van der Waals surface area contributed by atoms with Crippen LogP contribution in [-0.2, 0) is 4.74 Å². The molecule has 20 heavy (non-hydrogen) atoms. The Balaban J connectivity index is 2.05. The van der Waals surface area contributed by atoms with Crippen LogP contribution in [0.3, 0.4) is 0 Å². The highest BCUT2D eigenvalue weighted by Crippen LogP contribution is 2.40. The molecule has 0 saturated heterocycles. The maximum absolute atomic E-state index is 6.05. The highest BCUT2D eigenvalue weighted by molar-refractivity contribution is 9.11. The van der Waals surface area contributed by atoms with Gasteiger partial charge in [0.1, 0.15) is 23.7 Å². The molecule has 3 unspecified atom stereocenters. The summed E-state index contributed by atoms with van der Waals surface area (Å²) in [7, 11) is 1.64. The van der Waals surface area contributed by atoms with E-state index in [0.717, 1.165) is 39.9 Å². The van der Waals surface area contributed by atoms with Gasteiger partial charge in [0, 0.05) is 17.9 Å². The normalized spacial score (nSPS) is 25.1. The number of halogens is 3. The molecule has 3 atom stereocenters. The quantitative estimate of drug-likeness (QED) is 0.549. The Kier molecular flexibility index (Phi) is 6.20. The lowest BCUT2D eigenvalue weighted by molar-refractivity contribution is -0.0764. The van der Waals surface area contributed by atoms with Crippen molar-refractivity contribution in [3.05, 3.63) is 21.1 Å². The average Bonchev–Trinajstić information content (AvgIpc) is 2.42. The smallest absolute Gasteiger partial charge is 0.135 e. The molecule has 0 amide bonds. The van der Waals surface area contributed by atoms with Gasteiger partial charge in [0.05, 0.1) is 16.1 Å². The fourth-order valence-corrected chi connectivity index (χ4v) is 3.79. The van der Waals surface area contributed by atoms with E-state index in [4.69, 9.17) is 14.2 Å². The predicted molar refractivity (Wildman–Crippen MR) is 90.2 cm³/mol. The second-order valence-corrected chi connectivity index (χ2v) is 7.55. The summed E-state index contributed by atoms with van der Waals surface area (Å²) < 4.78 is 18.9. The van der Waals surface area contributed by atoms with E-state index in [0.29, 0.717) is 4.83 Å². The van der Waals surface area contributed by atoms with Gasteiger partial charge in [-0.25, -0.2) is 0 Å². The molecular formula is C14H17Br3O3. The van der Waals surface area contributed by atoms with Crippen molar-refractivity contribution in [1.29, 1.82) is 0 Å². The predicted octanol–water partition coefficient (Wildman–Crippen LogP) is 4.93. The number of ether oxygens (including phenoxy) is 3. The molecule has 0 aromatic heterocycles. The van der Waals surface area contributed by atoms with Gasteiger partial charge in [-0.2, -0.15) is 0 Å². The van der Waals surface area contributed by atoms with Crippen molar-refractivity contribution in [1.82, 2.24) is 0 Å². The zero-order valence-electron chi connectivity index (χ0n) is 11.4. The fourth-order valence-electron chi connectivity index (χ4n) is 2.03. The third-order valence-electron chi connectivity index (χ3n) is 3.18. The van der Waals surface area contributed by atoms with Crippen molar-refractivity contribution in [2.75, 3.05) is 13.7 Å². The summed E-state index contributed by atoms with van der Waals surface area (Å²) in [6, 6.07) is 3.81. The lowest BCUT2D eigenvalue weighted by atomic mass is 9.91. The molecule has 1 aromatic rings. The zero-order chi connectivity index (χ0) is 14.7. The largest absolute Gasteiger partial charge is 0.496 e. The van der Waals surface area contributed by atoms with Crippen LogP contribution in [0.15, 0.2) is 21.1 Å². The number of methoxy groups -OCH3 is 1. The van der Waals surface area contributed by atoms with Crippen LogP contribution in [0.4, 0.5) is 0 Å². The van der Waals surface area contributed by atoms with Gasteiger partial charge in [-0.05, 0) is 50.4 Å². The maximum Gasteiger partial charge on any atom is 0.135 e. The molecule has 1 aromatic carbocycles. The molecule has 1 fully saturated rings. The molecule has 0 N–H and O–H groups in total. The van der Waals surface area contributed by atoms with Crippen LogP contribution in [0.5, 0.6) is 11.5 Å². The first kappa shape index (κ1) is 16.6. The van der Waals surface area contributed by atoms with Crippen LogP contribution >= 0.6 is 47.8 Å². The Morgan fingerprint density at radius 3 is 2.45 bits per heavy atom. The summed E-state index contributed by atoms with van der Waals surface area (Å²) in [5, 5.41) is 0. The first-order chi connectivity index (χ1) is 9.56. The number of alkyl halides is 1. The van der Waals surface area contributed by atoms with Gasteiger partial charge in [-0.15, -0.1) is 0 Å². The second-order valence-electron chi connectivity index (χ2n) is 4.66. The Hall–Kier alpha value is 0.220. The molecule has 1 aliphatic carbocycles. The maximum atomic E-state index is 6.05. The number of hydrogen-bond donors (Lipinski definition) is 0. The van der Waals surface area contributed by atoms with E-state index in [-0.39, 0.29) is 12.2 Å². The Morgan fingerprint density at radius 1 is 1.20 bits per heavy atom. The van der Waals surface area contributed by atoms with Crippen LogP contribution in [0, 0.1) is 0 Å². The molecular weight excluding hydrogens is 456 g/mol. The van der Waals surface area contributed by atoms with Crippen molar-refractivity contribution in [2.45, 2.75) is 36.8 Å². The summed E-state index contributed by atoms with van der Waals surface area (Å²) in [5.41, 5.74) is 0. The molecule has 0 spiro atoms. The van der Waals surface area contributed by atoms with E-state index in [1.807, 2.05) is 12.1 Å². The van der Waals surface area contributed by atoms with E-state index >= 15 is 0 Å². The molecule has 0 bridgehead atoms. The van der Waals surface area contributed by atoms with Crippen molar-refractivity contribution in [3.63, 3.8) is 0 Å². The first-order valence-electron chi connectivity index (χ1n) is 6.52. The molecule has 0 radical (unpaired) electrons. The van der Waals surface area contributed by atoms with Crippen LogP contribution in [0.25, 0.3) is 0 Å². The fraction of sp³-hybridized carbons (Fsp3) is 0.571. The van der Waals surface area contributed by atoms with Crippen molar-refractivity contribution < 1.29 is 14.2 Å². The molecule has 112 valence electrons. The lowest BCUT2D eigenvalue weighted by Gasteiger charge is -2.41. The van der Waals surface area contributed by atoms with Gasteiger partial charge in [-0.3, -0.25) is 0 Å². The van der Waals surface area contributed by atoms with Crippen molar-refractivity contribution in [3.8, 4) is 11.5 Å². The zero-order valence-corrected chi connectivity index (χ0v) is 16.1. The topological polar surface area (TPSA) is 27.7 Å². The Labute approximate surface area is 144 Å². The van der Waals surface area contributed by atoms with Gasteiger partial charge >= 0.3 is 0 Å². The standard InChI is InChI=1S/C14H17Br3O3/c1-3-4-19-14-10(17)7-13(14)20-12-6-8(15)11(18-2)5-9(12)16/h5-6,10,13-14H,3-4,7H2,1-2H3. The number of benzene rings is 1. The average molecular weight is 473 g/mol. The van der Waals surface area contributed by atoms with E-state index in [2.05, 4.69) is 54.7 Å². The molecule has 3 nitrogen and oxygen atoms in total. The molecule has 1 aliphatic rings. The van der Waals surface area contributed by atoms with Gasteiger partial charge in [0.15, 0.2) is 0 Å². The molecule has 2 rings (SSSR count). The van der Waals surface area contributed by atoms with E-state index in [1.165, 1.54) is 0 Å². The first-order valence-corrected chi connectivity index (χ1v) is 9.02. The summed E-state index contributed by atoms with van der Waals surface area (Å²) >= 11 is 10.6. The molecule has 0 heterocycles. The van der Waals surface area contributed by atoms with Crippen LogP contribution in [0.2, 0.25) is 0 Å². The Bertz CT molecular complexity index is 467. The summed E-state index contributed by atoms with van der Waals surface area (Å²) in [5.74, 6) is 1.57. The van der Waals surface area contributed by atoms with Gasteiger partial charge < -0.3 is 14.2 Å². The van der Waals surface area contributed by atoms with Crippen LogP contribution in [0.1, 0.15) is 19.8 Å². The Morgan fingerprint density at radius 2 is 1.85 bits per heavy atom. The third kappa shape index (κ3) is 3.70. The van der Waals surface area contributed by atoms with Crippen LogP contribution in [-0.4, -0.2) is 30.8 Å². The number of rotatable bonds is 6. The van der Waals surface area contributed by atoms with Crippen molar-refractivity contribution in [2.24, 2.45) is 0 Å². The van der Waals surface area contributed by atoms with Gasteiger partial charge in [-0.1, -0.05) is 22.9 Å².